The normalized spacial score (nSPS) is 51.6. The van der Waals surface area contributed by atoms with Crippen molar-refractivity contribution in [2.45, 2.75) is 63.4 Å². The molecular formula is C15H22O5. The molecule has 0 bridgehead atoms. The Morgan fingerprint density at radius 1 is 1.20 bits per heavy atom. The number of fused-ring (bicyclic) bond motifs is 2. The largest absolute Gasteiger partial charge is 0.457 e. The maximum atomic E-state index is 11.8. The summed E-state index contributed by atoms with van der Waals surface area (Å²) < 4.78 is 5.47. The van der Waals surface area contributed by atoms with Crippen LogP contribution in [0.25, 0.3) is 0 Å². The van der Waals surface area contributed by atoms with Gasteiger partial charge in [-0.1, -0.05) is 6.92 Å². The molecule has 6 unspecified atom stereocenters. The fourth-order valence-electron chi connectivity index (χ4n) is 4.18. The topological polar surface area (TPSA) is 87.0 Å². The Bertz CT molecular complexity index is 490. The van der Waals surface area contributed by atoms with Crippen LogP contribution in [0.4, 0.5) is 0 Å². The molecule has 1 fully saturated rings. The van der Waals surface area contributed by atoms with Crippen molar-refractivity contribution in [2.75, 3.05) is 0 Å². The fraction of sp³-hybridized carbons (Fsp3) is 0.800. The van der Waals surface area contributed by atoms with Gasteiger partial charge < -0.3 is 20.1 Å². The molecule has 5 heteroatoms. The Labute approximate surface area is 118 Å². The number of hydrogen-bond donors (Lipinski definition) is 3. The van der Waals surface area contributed by atoms with Gasteiger partial charge in [0.05, 0.1) is 23.2 Å². The molecule has 3 N–H and O–H groups in total. The van der Waals surface area contributed by atoms with Crippen molar-refractivity contribution in [3.8, 4) is 0 Å². The molecular weight excluding hydrogens is 260 g/mol. The lowest BCUT2D eigenvalue weighted by Gasteiger charge is -2.28. The van der Waals surface area contributed by atoms with Gasteiger partial charge in [-0.15, -0.1) is 0 Å². The number of esters is 1. The second-order valence-electron chi connectivity index (χ2n) is 6.94. The molecule has 0 amide bonds. The third kappa shape index (κ3) is 1.76. The summed E-state index contributed by atoms with van der Waals surface area (Å²) in [5.41, 5.74) is -1.42. The number of rotatable bonds is 0. The van der Waals surface area contributed by atoms with Gasteiger partial charge in [0.25, 0.3) is 0 Å². The number of carbonyl (C=O) groups is 1. The molecule has 1 heterocycles. The van der Waals surface area contributed by atoms with Crippen molar-refractivity contribution < 1.29 is 24.9 Å². The second-order valence-corrected chi connectivity index (χ2v) is 6.94. The minimum absolute atomic E-state index is 0.0433. The lowest BCUT2D eigenvalue weighted by atomic mass is 9.82. The first kappa shape index (κ1) is 14.0. The van der Waals surface area contributed by atoms with Crippen LogP contribution in [-0.4, -0.2) is 44.7 Å². The number of carbonyl (C=O) groups excluding carboxylic acids is 1. The van der Waals surface area contributed by atoms with E-state index in [4.69, 9.17) is 4.74 Å². The average molecular weight is 282 g/mol. The van der Waals surface area contributed by atoms with Crippen molar-refractivity contribution in [1.29, 1.82) is 0 Å². The fourth-order valence-corrected chi connectivity index (χ4v) is 4.18. The molecule has 0 aromatic heterocycles. The van der Waals surface area contributed by atoms with E-state index in [1.807, 2.05) is 6.92 Å². The predicted octanol–water partition coefficient (Wildman–Crippen LogP) is 0.521. The minimum atomic E-state index is -1.24. The van der Waals surface area contributed by atoms with Gasteiger partial charge in [-0.2, -0.15) is 0 Å². The zero-order valence-electron chi connectivity index (χ0n) is 12.1. The SMILES string of the molecule is CC1C(=O)OC2C3=C(C(O)CC3(C)O)C(C)(O)CCC12. The highest BCUT2D eigenvalue weighted by atomic mass is 16.6. The summed E-state index contributed by atoms with van der Waals surface area (Å²) >= 11 is 0. The number of aliphatic hydroxyl groups is 3. The number of ether oxygens (including phenoxy) is 1. The van der Waals surface area contributed by atoms with Crippen LogP contribution >= 0.6 is 0 Å². The first-order valence-corrected chi connectivity index (χ1v) is 7.23. The molecule has 0 aromatic rings. The maximum absolute atomic E-state index is 11.8. The van der Waals surface area contributed by atoms with Crippen LogP contribution in [0.2, 0.25) is 0 Å². The second kappa shape index (κ2) is 4.06. The summed E-state index contributed by atoms with van der Waals surface area (Å²) in [5, 5.41) is 31.5. The zero-order valence-corrected chi connectivity index (χ0v) is 12.1. The molecule has 0 aromatic carbocycles. The van der Waals surface area contributed by atoms with Crippen molar-refractivity contribution in [2.24, 2.45) is 11.8 Å². The molecule has 3 rings (SSSR count). The van der Waals surface area contributed by atoms with Gasteiger partial charge in [0.15, 0.2) is 0 Å². The van der Waals surface area contributed by atoms with Crippen LogP contribution < -0.4 is 0 Å². The van der Waals surface area contributed by atoms with Gasteiger partial charge >= 0.3 is 5.97 Å². The van der Waals surface area contributed by atoms with Gasteiger partial charge in [0, 0.05) is 17.9 Å². The first-order chi connectivity index (χ1) is 9.15. The summed E-state index contributed by atoms with van der Waals surface area (Å²) in [7, 11) is 0. The van der Waals surface area contributed by atoms with Gasteiger partial charge in [0.1, 0.15) is 6.10 Å². The Morgan fingerprint density at radius 2 is 1.85 bits per heavy atom. The molecule has 20 heavy (non-hydrogen) atoms. The van der Waals surface area contributed by atoms with Crippen LogP contribution in [0.5, 0.6) is 0 Å². The summed E-state index contributed by atoms with van der Waals surface area (Å²) in [6, 6.07) is 0. The summed E-state index contributed by atoms with van der Waals surface area (Å²) in [5.74, 6) is -0.542. The van der Waals surface area contributed by atoms with E-state index in [1.54, 1.807) is 13.8 Å². The van der Waals surface area contributed by atoms with Crippen molar-refractivity contribution in [1.82, 2.24) is 0 Å². The van der Waals surface area contributed by atoms with E-state index in [0.717, 1.165) is 0 Å². The van der Waals surface area contributed by atoms with Crippen LogP contribution in [0.3, 0.4) is 0 Å². The van der Waals surface area contributed by atoms with Crippen LogP contribution in [0.1, 0.15) is 40.0 Å². The Balaban J connectivity index is 2.16. The Hall–Kier alpha value is -0.910. The molecule has 0 radical (unpaired) electrons. The van der Waals surface area contributed by atoms with Crippen molar-refractivity contribution in [3.63, 3.8) is 0 Å². The predicted molar refractivity (Wildman–Crippen MR) is 70.7 cm³/mol. The highest BCUT2D eigenvalue weighted by Crippen LogP contribution is 2.52. The lowest BCUT2D eigenvalue weighted by molar-refractivity contribution is -0.143. The standard InChI is InChI=1S/C15H22O5/c1-7-8-4-5-14(2,18)10-9(16)6-15(3,19)11(10)12(8)20-13(7)17/h7-9,12,16,18-19H,4-6H2,1-3H3. The smallest absolute Gasteiger partial charge is 0.309 e. The first-order valence-electron chi connectivity index (χ1n) is 7.23. The molecule has 2 aliphatic carbocycles. The zero-order chi connectivity index (χ0) is 14.9. The average Bonchev–Trinajstić information content (AvgIpc) is 2.66. The van der Waals surface area contributed by atoms with Crippen LogP contribution in [0.15, 0.2) is 11.1 Å². The van der Waals surface area contributed by atoms with E-state index >= 15 is 0 Å². The van der Waals surface area contributed by atoms with Crippen LogP contribution in [0, 0.1) is 11.8 Å². The molecule has 112 valence electrons. The van der Waals surface area contributed by atoms with E-state index in [0.29, 0.717) is 24.0 Å². The third-order valence-corrected chi connectivity index (χ3v) is 5.27. The van der Waals surface area contributed by atoms with E-state index in [-0.39, 0.29) is 24.2 Å². The third-order valence-electron chi connectivity index (χ3n) is 5.27. The van der Waals surface area contributed by atoms with Gasteiger partial charge in [0.2, 0.25) is 0 Å². The quantitative estimate of drug-likeness (QED) is 0.445. The van der Waals surface area contributed by atoms with E-state index in [2.05, 4.69) is 0 Å². The van der Waals surface area contributed by atoms with E-state index < -0.39 is 23.4 Å². The molecule has 6 atom stereocenters. The lowest BCUT2D eigenvalue weighted by Crippen LogP contribution is -2.34. The van der Waals surface area contributed by atoms with Crippen molar-refractivity contribution in [3.05, 3.63) is 11.1 Å². The monoisotopic (exact) mass is 282 g/mol. The Kier molecular flexibility index (Phi) is 2.85. The highest BCUT2D eigenvalue weighted by Gasteiger charge is 2.57. The molecule has 5 nitrogen and oxygen atoms in total. The van der Waals surface area contributed by atoms with E-state index in [1.165, 1.54) is 0 Å². The van der Waals surface area contributed by atoms with E-state index in [9.17, 15) is 20.1 Å². The number of hydrogen-bond acceptors (Lipinski definition) is 5. The van der Waals surface area contributed by atoms with Crippen LogP contribution in [-0.2, 0) is 9.53 Å². The summed E-state index contributed by atoms with van der Waals surface area (Å²) in [4.78, 5) is 11.8. The molecule has 0 spiro atoms. The molecule has 1 aliphatic heterocycles. The Morgan fingerprint density at radius 3 is 2.50 bits per heavy atom. The maximum Gasteiger partial charge on any atom is 0.309 e. The van der Waals surface area contributed by atoms with Crippen molar-refractivity contribution >= 4 is 5.97 Å². The summed E-state index contributed by atoms with van der Waals surface area (Å²) in [6.45, 7) is 5.11. The van der Waals surface area contributed by atoms with Gasteiger partial charge in [-0.3, -0.25) is 4.79 Å². The highest BCUT2D eigenvalue weighted by molar-refractivity contribution is 5.76. The minimum Gasteiger partial charge on any atom is -0.457 e. The summed E-state index contributed by atoms with van der Waals surface area (Å²) in [6.07, 6.45) is -0.165. The number of aliphatic hydroxyl groups excluding tert-OH is 1. The van der Waals surface area contributed by atoms with Gasteiger partial charge in [-0.25, -0.2) is 0 Å². The molecule has 3 aliphatic rings. The molecule has 1 saturated heterocycles. The van der Waals surface area contributed by atoms with Gasteiger partial charge in [-0.05, 0) is 32.3 Å². The molecule has 0 saturated carbocycles.